The van der Waals surface area contributed by atoms with Gasteiger partial charge in [0, 0.05) is 25.7 Å². The van der Waals surface area contributed by atoms with Crippen molar-refractivity contribution in [2.45, 2.75) is 6.10 Å². The Morgan fingerprint density at radius 2 is 1.94 bits per heavy atom. The Morgan fingerprint density at radius 3 is 2.65 bits per heavy atom. The molecule has 158 valence electrons. The average molecular weight is 417 g/mol. The van der Waals surface area contributed by atoms with Crippen LogP contribution in [0.1, 0.15) is 6.99 Å². The number of benzene rings is 2. The Hall–Kier alpha value is -4.02. The summed E-state index contributed by atoms with van der Waals surface area (Å²) in [4.78, 5) is 15.3. The molecule has 0 radical (unpaired) electrons. The fourth-order valence-corrected chi connectivity index (χ4v) is 3.32. The fraction of sp³-hybridized carbons (Fsp3) is 0.167. The quantitative estimate of drug-likeness (QED) is 0.526. The van der Waals surface area contributed by atoms with Crippen LogP contribution in [0.15, 0.2) is 66.8 Å². The molecular weight excluding hydrogens is 394 g/mol. The number of allylic oxidation sites excluding steroid dienone is 2. The molecule has 1 aromatic heterocycles. The van der Waals surface area contributed by atoms with Crippen molar-refractivity contribution < 1.29 is 20.4 Å². The Morgan fingerprint density at radius 1 is 1.16 bits per heavy atom. The van der Waals surface area contributed by atoms with Gasteiger partial charge in [0.2, 0.25) is 0 Å². The van der Waals surface area contributed by atoms with E-state index in [9.17, 15) is 10.1 Å². The number of nitrogens with one attached hydrogen (secondary N) is 2. The van der Waals surface area contributed by atoms with Crippen LogP contribution in [0, 0.1) is 11.3 Å². The van der Waals surface area contributed by atoms with Crippen molar-refractivity contribution in [3.63, 3.8) is 0 Å². The Kier molecular flexibility index (Phi) is 6.01. The molecule has 1 amide bonds. The highest BCUT2D eigenvalue weighted by Gasteiger charge is 2.15. The molecule has 0 saturated heterocycles. The molecule has 4 rings (SSSR count). The topological polar surface area (TPSA) is 96.4 Å². The van der Waals surface area contributed by atoms with Crippen LogP contribution >= 0.6 is 0 Å². The summed E-state index contributed by atoms with van der Waals surface area (Å²) in [6, 6.07) is 15.1. The minimum Gasteiger partial charge on any atom is -0.491 e. The summed E-state index contributed by atoms with van der Waals surface area (Å²) in [7, 11) is 1.62. The van der Waals surface area contributed by atoms with Gasteiger partial charge in [0.25, 0.3) is 0 Å². The largest absolute Gasteiger partial charge is 0.491 e. The Balaban J connectivity index is 0.00000289. The van der Waals surface area contributed by atoms with E-state index in [-0.39, 0.29) is 7.53 Å². The van der Waals surface area contributed by atoms with E-state index in [1.165, 1.54) is 0 Å². The highest BCUT2D eigenvalue weighted by atomic mass is 16.6. The van der Waals surface area contributed by atoms with Gasteiger partial charge in [-0.15, -0.1) is 0 Å². The lowest BCUT2D eigenvalue weighted by atomic mass is 10.1. The summed E-state index contributed by atoms with van der Waals surface area (Å²) in [6.45, 7) is 0.949. The molecule has 1 heterocycles. The number of carbonyl (C=O) groups is 1. The van der Waals surface area contributed by atoms with Gasteiger partial charge in [-0.2, -0.15) is 5.26 Å². The lowest BCUT2D eigenvalue weighted by molar-refractivity contribution is 0.146. The highest BCUT2D eigenvalue weighted by Crippen LogP contribution is 2.32. The van der Waals surface area contributed by atoms with E-state index in [0.29, 0.717) is 35.9 Å². The third-order valence-electron chi connectivity index (χ3n) is 4.81. The monoisotopic (exact) mass is 417 g/mol. The molecule has 7 nitrogen and oxygen atoms in total. The van der Waals surface area contributed by atoms with Crippen molar-refractivity contribution in [3.05, 3.63) is 72.3 Å². The Bertz CT molecular complexity index is 1180. The molecule has 0 unspecified atom stereocenters. The maximum absolute atomic E-state index is 12.0. The van der Waals surface area contributed by atoms with E-state index in [0.717, 1.165) is 16.5 Å². The fourth-order valence-electron chi connectivity index (χ4n) is 3.32. The van der Waals surface area contributed by atoms with E-state index in [4.69, 9.17) is 14.2 Å². The zero-order valence-corrected chi connectivity index (χ0v) is 16.9. The van der Waals surface area contributed by atoms with E-state index in [1.807, 2.05) is 42.5 Å². The molecule has 7 heteroatoms. The molecule has 0 fully saturated rings. The van der Waals surface area contributed by atoms with Gasteiger partial charge in [-0.25, -0.2) is 4.79 Å². The molecule has 31 heavy (non-hydrogen) atoms. The van der Waals surface area contributed by atoms with Gasteiger partial charge in [0.05, 0.1) is 23.4 Å². The Labute approximate surface area is 181 Å². The van der Waals surface area contributed by atoms with Crippen LogP contribution in [0.5, 0.6) is 5.75 Å². The third kappa shape index (κ3) is 4.60. The maximum atomic E-state index is 12.0. The maximum Gasteiger partial charge on any atom is 0.412 e. The van der Waals surface area contributed by atoms with Crippen molar-refractivity contribution in [3.8, 4) is 23.1 Å². The zero-order valence-electron chi connectivity index (χ0n) is 16.9. The summed E-state index contributed by atoms with van der Waals surface area (Å²) >= 11 is 0. The molecule has 2 N–H and O–H groups in total. The zero-order chi connectivity index (χ0) is 21.6. The molecule has 1 aliphatic carbocycles. The second kappa shape index (κ2) is 9.20. The number of nitriles is 1. The van der Waals surface area contributed by atoms with E-state index in [2.05, 4.69) is 16.4 Å². The first kappa shape index (κ1) is 20.3. The van der Waals surface area contributed by atoms with Crippen LogP contribution in [0.3, 0.4) is 0 Å². The number of fused-ring (bicyclic) bond motifs is 1. The smallest absolute Gasteiger partial charge is 0.412 e. The van der Waals surface area contributed by atoms with Crippen LogP contribution in [-0.2, 0) is 9.47 Å². The number of H-pyrrole nitrogens is 1. The standard InChI is InChI=1S/C24H21N3O4.H2/c1-29-12-13-30-19-10-11-20-21(15-25)23(27-22(20)14-19)16-6-8-17(9-7-16)26-24(28)31-18-4-2-3-5-18;/h2-11,14,18,27H,12-13H2,1H3,(H,26,28);1H. The van der Waals surface area contributed by atoms with Crippen LogP contribution in [0.25, 0.3) is 22.2 Å². The number of rotatable bonds is 7. The van der Waals surface area contributed by atoms with Gasteiger partial charge in [0.1, 0.15) is 24.5 Å². The highest BCUT2D eigenvalue weighted by molar-refractivity contribution is 5.94. The van der Waals surface area contributed by atoms with Crippen molar-refractivity contribution in [2.75, 3.05) is 25.6 Å². The number of hydrogen-bond acceptors (Lipinski definition) is 5. The number of nitrogens with zero attached hydrogens (tertiary/aromatic N) is 1. The van der Waals surface area contributed by atoms with E-state index in [1.54, 1.807) is 31.4 Å². The normalized spacial score (nSPS) is 12.8. The van der Waals surface area contributed by atoms with Crippen molar-refractivity contribution in [1.82, 2.24) is 4.98 Å². The first-order valence-electron chi connectivity index (χ1n) is 9.78. The van der Waals surface area contributed by atoms with E-state index >= 15 is 0 Å². The first-order chi connectivity index (χ1) is 15.2. The molecule has 3 aromatic rings. The molecule has 2 aromatic carbocycles. The summed E-state index contributed by atoms with van der Waals surface area (Å²) in [5.74, 6) is 0.701. The van der Waals surface area contributed by atoms with Gasteiger partial charge >= 0.3 is 6.09 Å². The minimum atomic E-state index is -0.529. The molecule has 0 spiro atoms. The van der Waals surface area contributed by atoms with Gasteiger partial charge in [0.15, 0.2) is 0 Å². The number of aromatic amines is 1. The lowest BCUT2D eigenvalue weighted by Crippen LogP contribution is -2.18. The number of methoxy groups -OCH3 is 1. The number of hydrogen-bond donors (Lipinski definition) is 2. The first-order valence-corrected chi connectivity index (χ1v) is 9.78. The number of carbonyl (C=O) groups excluding carboxylic acids is 1. The predicted octanol–water partition coefficient (Wildman–Crippen LogP) is 5.02. The third-order valence-corrected chi connectivity index (χ3v) is 4.81. The number of amides is 1. The van der Waals surface area contributed by atoms with Crippen LogP contribution < -0.4 is 10.1 Å². The minimum absolute atomic E-state index is 0. The molecule has 0 atom stereocenters. The summed E-state index contributed by atoms with van der Waals surface area (Å²) in [6.07, 6.45) is 6.36. The molecule has 0 bridgehead atoms. The van der Waals surface area contributed by atoms with Crippen molar-refractivity contribution >= 4 is 22.7 Å². The number of anilines is 1. The molecular formula is C24H23N3O4. The second-order valence-corrected chi connectivity index (χ2v) is 6.88. The van der Waals surface area contributed by atoms with Crippen LogP contribution in [-0.4, -0.2) is 37.5 Å². The van der Waals surface area contributed by atoms with Gasteiger partial charge in [-0.3, -0.25) is 5.32 Å². The van der Waals surface area contributed by atoms with Crippen LogP contribution in [0.2, 0.25) is 0 Å². The predicted molar refractivity (Wildman–Crippen MR) is 120 cm³/mol. The SMILES string of the molecule is COCCOc1ccc2c(C#N)c(-c3ccc(NC(=O)OC4C=CC=C4)cc3)[nH]c2c1.[HH]. The van der Waals surface area contributed by atoms with Crippen molar-refractivity contribution in [2.24, 2.45) is 0 Å². The van der Waals surface area contributed by atoms with Gasteiger partial charge in [-0.05, 0) is 42.0 Å². The summed E-state index contributed by atoms with van der Waals surface area (Å²) in [5, 5.41) is 13.2. The number of ether oxygens (including phenoxy) is 3. The lowest BCUT2D eigenvalue weighted by Gasteiger charge is -2.10. The van der Waals surface area contributed by atoms with Crippen molar-refractivity contribution in [1.29, 1.82) is 5.26 Å². The van der Waals surface area contributed by atoms with Gasteiger partial charge in [-0.1, -0.05) is 24.3 Å². The summed E-state index contributed by atoms with van der Waals surface area (Å²) < 4.78 is 15.9. The van der Waals surface area contributed by atoms with Gasteiger partial charge < -0.3 is 19.2 Å². The number of aromatic nitrogens is 1. The molecule has 0 saturated carbocycles. The van der Waals surface area contributed by atoms with E-state index < -0.39 is 6.09 Å². The molecule has 0 aliphatic heterocycles. The van der Waals surface area contributed by atoms with Crippen LogP contribution in [0.4, 0.5) is 10.5 Å². The summed E-state index contributed by atoms with van der Waals surface area (Å²) in [5.41, 5.74) is 3.50. The second-order valence-electron chi connectivity index (χ2n) is 6.88. The molecule has 1 aliphatic rings. The average Bonchev–Trinajstić information content (AvgIpc) is 3.41.